The minimum Gasteiger partial charge on any atom is -0.480 e. The van der Waals surface area contributed by atoms with Crippen molar-refractivity contribution in [2.24, 2.45) is 29.6 Å². The number of imide groups is 1. The molecular weight excluding hydrogens is 903 g/mol. The highest BCUT2D eigenvalue weighted by molar-refractivity contribution is 8.00. The van der Waals surface area contributed by atoms with E-state index < -0.39 is 60.1 Å². The molecule has 1 unspecified atom stereocenters. The largest absolute Gasteiger partial charge is 0.480 e. The summed E-state index contributed by atoms with van der Waals surface area (Å²) < 4.78 is 12.0. The minimum absolute atomic E-state index is 0. The van der Waals surface area contributed by atoms with Gasteiger partial charge in [-0.25, -0.2) is 4.79 Å². The van der Waals surface area contributed by atoms with Crippen molar-refractivity contribution >= 4 is 59.0 Å². The van der Waals surface area contributed by atoms with Gasteiger partial charge in [0.25, 0.3) is 0 Å². The number of carbonyl (C=O) groups is 8. The summed E-state index contributed by atoms with van der Waals surface area (Å²) in [7, 11) is 6.33. The molecule has 2 heterocycles. The molecule has 16 nitrogen and oxygen atoms in total. The van der Waals surface area contributed by atoms with Crippen LogP contribution in [0.2, 0.25) is 0 Å². The van der Waals surface area contributed by atoms with Crippen molar-refractivity contribution in [1.29, 1.82) is 0 Å². The molecule has 0 saturated carbocycles. The normalized spacial score (nSPS) is 19.6. The second kappa shape index (κ2) is 29.1. The number of carboxylic acids is 1. The molecule has 69 heavy (non-hydrogen) atoms. The molecule has 3 rings (SSSR count). The number of likely N-dealkylation sites (N-methyl/N-ethyl adjacent to an activating group) is 2. The molecule has 0 radical (unpaired) electrons. The highest BCUT2D eigenvalue weighted by Crippen LogP contribution is 2.32. The van der Waals surface area contributed by atoms with Crippen LogP contribution < -0.4 is 5.32 Å². The monoisotopic (exact) mass is 988 g/mol. The Morgan fingerprint density at radius 1 is 0.899 bits per heavy atom. The fraction of sp³-hybridized carbons (Fsp3) is 0.731. The Bertz CT molecular complexity index is 1870. The lowest BCUT2D eigenvalue weighted by Crippen LogP contribution is -2.55. The van der Waals surface area contributed by atoms with Gasteiger partial charge in [0.1, 0.15) is 6.04 Å². The van der Waals surface area contributed by atoms with E-state index in [0.717, 1.165) is 5.56 Å². The Morgan fingerprint density at radius 2 is 1.55 bits per heavy atom. The van der Waals surface area contributed by atoms with Crippen molar-refractivity contribution in [2.45, 2.75) is 168 Å². The highest BCUT2D eigenvalue weighted by Gasteiger charge is 2.44. The number of rotatable bonds is 29. The number of aliphatic carboxylic acids is 1. The predicted molar refractivity (Wildman–Crippen MR) is 269 cm³/mol. The first-order valence-corrected chi connectivity index (χ1v) is 25.8. The molecule has 390 valence electrons. The van der Waals surface area contributed by atoms with E-state index in [2.05, 4.69) is 5.32 Å². The number of benzene rings is 1. The summed E-state index contributed by atoms with van der Waals surface area (Å²) in [5.74, 6) is -4.92. The van der Waals surface area contributed by atoms with Crippen LogP contribution in [-0.4, -0.2) is 161 Å². The molecule has 0 aliphatic carbocycles. The zero-order valence-electron chi connectivity index (χ0n) is 42.7. The van der Waals surface area contributed by atoms with Gasteiger partial charge in [0, 0.05) is 73.0 Å². The third-order valence-corrected chi connectivity index (χ3v) is 15.2. The van der Waals surface area contributed by atoms with Crippen molar-refractivity contribution in [3.63, 3.8) is 0 Å². The molecule has 0 bridgehead atoms. The van der Waals surface area contributed by atoms with E-state index in [0.29, 0.717) is 51.6 Å². The van der Waals surface area contributed by atoms with Gasteiger partial charge in [0.2, 0.25) is 35.4 Å². The molecule has 1 aromatic carbocycles. The van der Waals surface area contributed by atoms with Crippen molar-refractivity contribution in [2.75, 3.05) is 47.7 Å². The Hall–Kier alpha value is -4.35. The third-order valence-electron chi connectivity index (χ3n) is 14.2. The molecule has 2 fully saturated rings. The van der Waals surface area contributed by atoms with Gasteiger partial charge in [0.15, 0.2) is 5.78 Å². The van der Waals surface area contributed by atoms with Crippen LogP contribution in [0.3, 0.4) is 0 Å². The summed E-state index contributed by atoms with van der Waals surface area (Å²) in [6, 6.07) is 6.13. The number of carbonyl (C=O) groups excluding carboxylic acids is 7. The average molecular weight is 988 g/mol. The van der Waals surface area contributed by atoms with Crippen LogP contribution in [-0.2, 0) is 54.3 Å². The van der Waals surface area contributed by atoms with Gasteiger partial charge in [-0.05, 0) is 55.3 Å². The fourth-order valence-corrected chi connectivity index (χ4v) is 10.7. The van der Waals surface area contributed by atoms with E-state index >= 15 is 0 Å². The second-order valence-electron chi connectivity index (χ2n) is 19.5. The Labute approximate surface area is 416 Å². The number of ketones is 1. The quantitative estimate of drug-likeness (QED) is 0.0690. The summed E-state index contributed by atoms with van der Waals surface area (Å²) in [4.78, 5) is 113. The van der Waals surface area contributed by atoms with Gasteiger partial charge in [0.05, 0.1) is 47.9 Å². The van der Waals surface area contributed by atoms with E-state index in [1.807, 2.05) is 66.0 Å². The maximum absolute atomic E-state index is 14.7. The van der Waals surface area contributed by atoms with E-state index in [1.165, 1.54) is 35.8 Å². The first kappa shape index (κ1) is 60.8. The van der Waals surface area contributed by atoms with Crippen LogP contribution in [0.5, 0.6) is 0 Å². The van der Waals surface area contributed by atoms with Gasteiger partial charge < -0.3 is 34.6 Å². The van der Waals surface area contributed by atoms with Crippen LogP contribution in [0.4, 0.5) is 0 Å². The maximum atomic E-state index is 14.7. The Kier molecular flexibility index (Phi) is 25.6. The zero-order valence-corrected chi connectivity index (χ0v) is 43.6. The fourth-order valence-electron chi connectivity index (χ4n) is 10.0. The van der Waals surface area contributed by atoms with Crippen molar-refractivity contribution in [1.82, 2.24) is 24.9 Å². The molecule has 2 N–H and O–H groups in total. The van der Waals surface area contributed by atoms with Gasteiger partial charge in [-0.2, -0.15) is 11.8 Å². The van der Waals surface area contributed by atoms with Crippen LogP contribution >= 0.6 is 11.8 Å². The van der Waals surface area contributed by atoms with E-state index in [-0.39, 0.29) is 97.9 Å². The van der Waals surface area contributed by atoms with Gasteiger partial charge >= 0.3 is 5.97 Å². The average Bonchev–Trinajstić information content (AvgIpc) is 3.90. The Balaban J connectivity index is 0.0000163. The van der Waals surface area contributed by atoms with E-state index in [4.69, 9.17) is 9.47 Å². The number of carboxylic acid groups (broad SMARTS) is 1. The maximum Gasteiger partial charge on any atom is 0.326 e. The number of thioether (sulfide) groups is 1. The lowest BCUT2D eigenvalue weighted by molar-refractivity contribution is -0.150. The van der Waals surface area contributed by atoms with Crippen LogP contribution in [0.1, 0.15) is 126 Å². The predicted octanol–water partition coefficient (Wildman–Crippen LogP) is 6.12. The number of methoxy groups -OCH3 is 2. The Morgan fingerprint density at radius 3 is 2.09 bits per heavy atom. The first-order valence-electron chi connectivity index (χ1n) is 24.5. The SMILES string of the molecule is C.CC[C@H](C)[C@@H]([C@@H](CC(=O)N1CCC[C@H]1[C@H](OC)[C@@H](C)C(=O)N[C@@H](Cc1ccccc1)C(=O)O)OC)N(C)C(=O)[C@@H](CC(=O)[C@H](C(C)C)N(C)C(=O)CCCCCN1C(=O)CC(SC)C1=O)C(C)C. The highest BCUT2D eigenvalue weighted by atomic mass is 32.2. The number of hydrogen-bond donors (Lipinski definition) is 2. The molecule has 1 aromatic rings. The van der Waals surface area contributed by atoms with Crippen molar-refractivity contribution in [3.8, 4) is 0 Å². The minimum atomic E-state index is -1.16. The summed E-state index contributed by atoms with van der Waals surface area (Å²) in [6.07, 6.45) is 4.44. The second-order valence-corrected chi connectivity index (χ2v) is 20.6. The van der Waals surface area contributed by atoms with Crippen LogP contribution in [0.25, 0.3) is 0 Å². The van der Waals surface area contributed by atoms with Crippen LogP contribution in [0.15, 0.2) is 30.3 Å². The molecule has 2 aliphatic heterocycles. The standard InChI is InChI=1S/C51H81N5O11S.CH4/c1-13-33(6)46(40(66-10)29-43(59)55-26-20-23-38(55)47(67-11)34(7)48(61)52-37(51(64)65)27-35-21-16-14-17-22-35)54(9)49(62)36(31(2)3)28-39(57)45(32(4)5)53(8)42(58)24-18-15-19-25-56-44(60)30-41(68-12)50(56)63;/h14,16-17,21-22,31-34,36-38,40-41,45-47H,13,15,18-20,23-30H2,1-12H3,(H,52,61)(H,64,65);1H4/t33-,34+,36-,37-,38-,40+,41?,45-,46-,47+;/m0./s1. The van der Waals surface area contributed by atoms with E-state index in [1.54, 1.807) is 43.0 Å². The van der Waals surface area contributed by atoms with Crippen molar-refractivity contribution < 1.29 is 52.9 Å². The summed E-state index contributed by atoms with van der Waals surface area (Å²) in [5.41, 5.74) is 0.767. The lowest BCUT2D eigenvalue weighted by Gasteiger charge is -2.41. The molecule has 0 aromatic heterocycles. The van der Waals surface area contributed by atoms with Gasteiger partial charge in [-0.15, -0.1) is 0 Å². The van der Waals surface area contributed by atoms with E-state index in [9.17, 15) is 43.5 Å². The molecule has 0 spiro atoms. The zero-order chi connectivity index (χ0) is 51.0. The molecular formula is C52H85N5O11S. The molecule has 2 saturated heterocycles. The molecule has 17 heteroatoms. The number of amides is 6. The number of hydrogen-bond acceptors (Lipinski definition) is 11. The molecule has 6 amide bonds. The number of unbranched alkanes of at least 4 members (excludes halogenated alkanes) is 2. The number of nitrogens with zero attached hydrogens (tertiary/aromatic N) is 4. The number of Topliss-reactive ketones (excluding diaryl/α,β-unsaturated/α-hetero) is 1. The van der Waals surface area contributed by atoms with Gasteiger partial charge in [-0.1, -0.05) is 99.1 Å². The van der Waals surface area contributed by atoms with Gasteiger partial charge in [-0.3, -0.25) is 38.5 Å². The summed E-state index contributed by atoms with van der Waals surface area (Å²) in [6.45, 7) is 14.0. The summed E-state index contributed by atoms with van der Waals surface area (Å²) >= 11 is 1.38. The summed E-state index contributed by atoms with van der Waals surface area (Å²) in [5, 5.41) is 12.3. The topological polar surface area (TPSA) is 200 Å². The number of nitrogens with one attached hydrogen (secondary N) is 1. The number of likely N-dealkylation sites (tertiary alicyclic amines) is 2. The number of ether oxygens (including phenoxy) is 2. The molecule has 2 aliphatic rings. The third kappa shape index (κ3) is 16.3. The smallest absolute Gasteiger partial charge is 0.326 e. The lowest BCUT2D eigenvalue weighted by atomic mass is 9.83. The van der Waals surface area contributed by atoms with Crippen LogP contribution in [0, 0.1) is 29.6 Å². The van der Waals surface area contributed by atoms with Crippen molar-refractivity contribution in [3.05, 3.63) is 35.9 Å². The first-order chi connectivity index (χ1) is 32.1. The molecule has 10 atom stereocenters.